The van der Waals surface area contributed by atoms with Gasteiger partial charge < -0.3 is 9.80 Å². The first-order chi connectivity index (χ1) is 10.4. The van der Waals surface area contributed by atoms with Gasteiger partial charge in [0.05, 0.1) is 5.56 Å². The van der Waals surface area contributed by atoms with Gasteiger partial charge in [-0.15, -0.1) is 0 Å². The third kappa shape index (κ3) is 3.36. The summed E-state index contributed by atoms with van der Waals surface area (Å²) < 4.78 is 0. The molecule has 0 radical (unpaired) electrons. The highest BCUT2D eigenvalue weighted by Gasteiger charge is 2.24. The van der Waals surface area contributed by atoms with Gasteiger partial charge in [-0.25, -0.2) is 4.98 Å². The van der Waals surface area contributed by atoms with E-state index in [1.807, 2.05) is 23.2 Å². The number of hydrogen-bond donors (Lipinski definition) is 0. The second kappa shape index (κ2) is 6.92. The molecule has 0 unspecified atom stereocenters. The van der Waals surface area contributed by atoms with Gasteiger partial charge in [0.15, 0.2) is 0 Å². The Bertz CT molecular complexity index is 475. The summed E-state index contributed by atoms with van der Waals surface area (Å²) in [6, 6.07) is 3.84. The first-order valence-corrected chi connectivity index (χ1v) is 8.35. The molecular formula is C17H25N3O. The van der Waals surface area contributed by atoms with E-state index in [1.165, 1.54) is 32.1 Å². The maximum absolute atomic E-state index is 12.8. The highest BCUT2D eigenvalue weighted by Crippen LogP contribution is 2.23. The van der Waals surface area contributed by atoms with E-state index in [0.29, 0.717) is 0 Å². The van der Waals surface area contributed by atoms with Gasteiger partial charge in [0, 0.05) is 32.4 Å². The lowest BCUT2D eigenvalue weighted by Crippen LogP contribution is -2.37. The van der Waals surface area contributed by atoms with Crippen LogP contribution >= 0.6 is 0 Å². The Labute approximate surface area is 127 Å². The van der Waals surface area contributed by atoms with Gasteiger partial charge in [-0.2, -0.15) is 0 Å². The van der Waals surface area contributed by atoms with Crippen LogP contribution < -0.4 is 4.90 Å². The van der Waals surface area contributed by atoms with Crippen LogP contribution in [0.15, 0.2) is 18.3 Å². The predicted octanol–water partition coefficient (Wildman–Crippen LogP) is 3.09. The van der Waals surface area contributed by atoms with Crippen molar-refractivity contribution < 1.29 is 4.79 Å². The quantitative estimate of drug-likeness (QED) is 0.838. The molecule has 2 saturated heterocycles. The van der Waals surface area contributed by atoms with Gasteiger partial charge in [0.25, 0.3) is 5.91 Å². The molecule has 1 aromatic rings. The number of rotatable bonds is 2. The average Bonchev–Trinajstić information content (AvgIpc) is 2.84. The number of anilines is 1. The number of carbonyl (C=O) groups is 1. The van der Waals surface area contributed by atoms with Crippen LogP contribution in [0.1, 0.15) is 55.3 Å². The van der Waals surface area contributed by atoms with Gasteiger partial charge in [-0.05, 0) is 44.2 Å². The SMILES string of the molecule is O=C(c1cccnc1N1CCCCCC1)N1CCCCC1. The second-order valence-corrected chi connectivity index (χ2v) is 6.13. The molecule has 0 N–H and O–H groups in total. The molecule has 0 spiro atoms. The molecule has 2 fully saturated rings. The lowest BCUT2D eigenvalue weighted by Gasteiger charge is -2.29. The third-order valence-electron chi connectivity index (χ3n) is 4.57. The summed E-state index contributed by atoms with van der Waals surface area (Å²) in [7, 11) is 0. The fraction of sp³-hybridized carbons (Fsp3) is 0.647. The molecule has 1 amide bonds. The molecule has 0 aliphatic carbocycles. The Morgan fingerprint density at radius 1 is 0.905 bits per heavy atom. The van der Waals surface area contributed by atoms with Gasteiger partial charge in [0.1, 0.15) is 5.82 Å². The maximum atomic E-state index is 12.8. The average molecular weight is 287 g/mol. The van der Waals surface area contributed by atoms with E-state index in [-0.39, 0.29) is 5.91 Å². The Kier molecular flexibility index (Phi) is 4.73. The Hall–Kier alpha value is -1.58. The minimum absolute atomic E-state index is 0.169. The van der Waals surface area contributed by atoms with Crippen LogP contribution in [-0.4, -0.2) is 42.0 Å². The molecule has 3 rings (SSSR count). The Morgan fingerprint density at radius 3 is 2.24 bits per heavy atom. The Balaban J connectivity index is 1.82. The highest BCUT2D eigenvalue weighted by atomic mass is 16.2. The van der Waals surface area contributed by atoms with Crippen LogP contribution in [0, 0.1) is 0 Å². The molecular weight excluding hydrogens is 262 g/mol. The van der Waals surface area contributed by atoms with Crippen LogP contribution in [0.2, 0.25) is 0 Å². The minimum atomic E-state index is 0.169. The van der Waals surface area contributed by atoms with Crippen molar-refractivity contribution in [1.29, 1.82) is 0 Å². The van der Waals surface area contributed by atoms with E-state index >= 15 is 0 Å². The molecule has 4 heteroatoms. The molecule has 2 aliphatic rings. The zero-order valence-corrected chi connectivity index (χ0v) is 12.8. The maximum Gasteiger partial charge on any atom is 0.257 e. The fourth-order valence-electron chi connectivity index (χ4n) is 3.37. The zero-order chi connectivity index (χ0) is 14.5. The minimum Gasteiger partial charge on any atom is -0.356 e. The van der Waals surface area contributed by atoms with Crippen LogP contribution in [0.3, 0.4) is 0 Å². The summed E-state index contributed by atoms with van der Waals surface area (Å²) in [6.45, 7) is 3.84. The van der Waals surface area contributed by atoms with E-state index in [2.05, 4.69) is 9.88 Å². The van der Waals surface area contributed by atoms with E-state index < -0.39 is 0 Å². The Morgan fingerprint density at radius 2 is 1.52 bits per heavy atom. The van der Waals surface area contributed by atoms with Crippen LogP contribution in [0.5, 0.6) is 0 Å². The van der Waals surface area contributed by atoms with Gasteiger partial charge in [-0.3, -0.25) is 4.79 Å². The topological polar surface area (TPSA) is 36.4 Å². The summed E-state index contributed by atoms with van der Waals surface area (Å²) in [4.78, 5) is 21.7. The molecule has 21 heavy (non-hydrogen) atoms. The number of aromatic nitrogens is 1. The number of likely N-dealkylation sites (tertiary alicyclic amines) is 1. The smallest absolute Gasteiger partial charge is 0.257 e. The molecule has 0 bridgehead atoms. The number of amides is 1. The lowest BCUT2D eigenvalue weighted by molar-refractivity contribution is 0.0724. The standard InChI is InChI=1S/C17H25N3O/c21-17(20-13-6-3-7-14-20)15-9-8-10-18-16(15)19-11-4-1-2-5-12-19/h8-10H,1-7,11-14H2. The molecule has 0 aromatic carbocycles. The van der Waals surface area contributed by atoms with Crippen molar-refractivity contribution in [1.82, 2.24) is 9.88 Å². The van der Waals surface area contributed by atoms with Crippen molar-refractivity contribution in [2.45, 2.75) is 44.9 Å². The van der Waals surface area contributed by atoms with Crippen molar-refractivity contribution in [2.24, 2.45) is 0 Å². The van der Waals surface area contributed by atoms with Crippen molar-refractivity contribution in [3.8, 4) is 0 Å². The highest BCUT2D eigenvalue weighted by molar-refractivity contribution is 5.99. The van der Waals surface area contributed by atoms with Crippen LogP contribution in [-0.2, 0) is 0 Å². The first kappa shape index (κ1) is 14.4. The van der Waals surface area contributed by atoms with E-state index in [9.17, 15) is 4.79 Å². The molecule has 1 aromatic heterocycles. The van der Waals surface area contributed by atoms with Crippen LogP contribution in [0.25, 0.3) is 0 Å². The second-order valence-electron chi connectivity index (χ2n) is 6.13. The van der Waals surface area contributed by atoms with Gasteiger partial charge >= 0.3 is 0 Å². The number of piperidine rings is 1. The summed E-state index contributed by atoms with van der Waals surface area (Å²) >= 11 is 0. The fourth-order valence-corrected chi connectivity index (χ4v) is 3.37. The van der Waals surface area contributed by atoms with Gasteiger partial charge in [0.2, 0.25) is 0 Å². The number of hydrogen-bond acceptors (Lipinski definition) is 3. The summed E-state index contributed by atoms with van der Waals surface area (Å²) in [5, 5.41) is 0. The normalized spacial score (nSPS) is 20.2. The predicted molar refractivity (Wildman–Crippen MR) is 84.7 cm³/mol. The molecule has 4 nitrogen and oxygen atoms in total. The van der Waals surface area contributed by atoms with Crippen molar-refractivity contribution in [3.63, 3.8) is 0 Å². The summed E-state index contributed by atoms with van der Waals surface area (Å²) in [5.74, 6) is 1.07. The van der Waals surface area contributed by atoms with Crippen molar-refractivity contribution >= 4 is 11.7 Å². The monoisotopic (exact) mass is 287 g/mol. The third-order valence-corrected chi connectivity index (χ3v) is 4.57. The first-order valence-electron chi connectivity index (χ1n) is 8.35. The van der Waals surface area contributed by atoms with Crippen molar-refractivity contribution in [3.05, 3.63) is 23.9 Å². The summed E-state index contributed by atoms with van der Waals surface area (Å²) in [6.07, 6.45) is 10.3. The molecule has 0 atom stereocenters. The lowest BCUT2D eigenvalue weighted by atomic mass is 10.1. The van der Waals surface area contributed by atoms with E-state index in [0.717, 1.165) is 50.4 Å². The van der Waals surface area contributed by atoms with Crippen LogP contribution in [0.4, 0.5) is 5.82 Å². The van der Waals surface area contributed by atoms with Crippen molar-refractivity contribution in [2.75, 3.05) is 31.1 Å². The summed E-state index contributed by atoms with van der Waals surface area (Å²) in [5.41, 5.74) is 0.793. The number of pyridine rings is 1. The van der Waals surface area contributed by atoms with Gasteiger partial charge in [-0.1, -0.05) is 12.8 Å². The molecule has 114 valence electrons. The van der Waals surface area contributed by atoms with E-state index in [4.69, 9.17) is 0 Å². The molecule has 0 saturated carbocycles. The molecule has 2 aliphatic heterocycles. The number of nitrogens with zero attached hydrogens (tertiary/aromatic N) is 3. The molecule has 3 heterocycles. The van der Waals surface area contributed by atoms with E-state index in [1.54, 1.807) is 0 Å². The largest absolute Gasteiger partial charge is 0.356 e. The number of carbonyl (C=O) groups excluding carboxylic acids is 1. The zero-order valence-electron chi connectivity index (χ0n) is 12.8.